The predicted molar refractivity (Wildman–Crippen MR) is 143 cm³/mol. The molecule has 3 rings (SSSR count). The van der Waals surface area contributed by atoms with Gasteiger partial charge in [-0.25, -0.2) is 4.79 Å². The summed E-state index contributed by atoms with van der Waals surface area (Å²) in [4.78, 5) is 24.6. The largest absolute Gasteiger partial charge is 0.491 e. The first-order valence-electron chi connectivity index (χ1n) is 11.8. The van der Waals surface area contributed by atoms with E-state index in [9.17, 15) is 9.59 Å². The van der Waals surface area contributed by atoms with E-state index in [1.165, 1.54) is 0 Å². The Balaban J connectivity index is 1.86. The monoisotopic (exact) mass is 536 g/mol. The van der Waals surface area contributed by atoms with Gasteiger partial charge >= 0.3 is 12.1 Å². The summed E-state index contributed by atoms with van der Waals surface area (Å²) in [7, 11) is 0. The van der Waals surface area contributed by atoms with Crippen molar-refractivity contribution in [2.75, 3.05) is 30.9 Å². The number of rotatable bonds is 13. The highest BCUT2D eigenvalue weighted by Crippen LogP contribution is 2.30. The number of para-hydroxylation sites is 1. The van der Waals surface area contributed by atoms with Crippen LogP contribution in [-0.4, -0.2) is 48.8 Å². The Bertz CT molecular complexity index is 1200. The number of ether oxygens (including phenoxy) is 4. The summed E-state index contributed by atoms with van der Waals surface area (Å²) in [6.07, 6.45) is -2.17. The molecule has 2 atom stereocenters. The van der Waals surface area contributed by atoms with Gasteiger partial charge in [-0.05, 0) is 54.1 Å². The lowest BCUT2D eigenvalue weighted by atomic mass is 10.0. The lowest BCUT2D eigenvalue weighted by molar-refractivity contribution is -0.141. The van der Waals surface area contributed by atoms with Crippen LogP contribution in [0.2, 0.25) is 0 Å². The summed E-state index contributed by atoms with van der Waals surface area (Å²) in [5, 5.41) is 20.7. The second-order valence-corrected chi connectivity index (χ2v) is 8.23. The number of hydrogen-bond acceptors (Lipinski definition) is 9. The Kier molecular flexibility index (Phi) is 11.3. The van der Waals surface area contributed by atoms with Crippen molar-refractivity contribution < 1.29 is 33.6 Å². The van der Waals surface area contributed by atoms with Gasteiger partial charge in [0, 0.05) is 12.1 Å². The molecule has 0 aliphatic carbocycles. The van der Waals surface area contributed by atoms with Gasteiger partial charge in [-0.15, -0.1) is 0 Å². The van der Waals surface area contributed by atoms with E-state index in [0.717, 1.165) is 0 Å². The molecule has 38 heavy (non-hydrogen) atoms. The van der Waals surface area contributed by atoms with Gasteiger partial charge in [-0.1, -0.05) is 30.3 Å². The maximum atomic E-state index is 12.9. The molecule has 3 aromatic carbocycles. The molecule has 0 fully saturated rings. The Morgan fingerprint density at radius 1 is 0.947 bits per heavy atom. The van der Waals surface area contributed by atoms with Gasteiger partial charge in [-0.2, -0.15) is 17.9 Å². The molecule has 0 aromatic heterocycles. The SMILES string of the molecule is N#Cc1ccc(NC(=O)O[C@@H](c2ccc(OCCO)cc2)[C@H](CCOC(=O)CS)Oc2ccccc2)cc1. The van der Waals surface area contributed by atoms with Crippen molar-refractivity contribution in [3.8, 4) is 17.6 Å². The first kappa shape index (κ1) is 28.4. The van der Waals surface area contributed by atoms with Crippen molar-refractivity contribution in [3.63, 3.8) is 0 Å². The molecule has 3 aromatic rings. The summed E-state index contributed by atoms with van der Waals surface area (Å²) in [5.41, 5.74) is 1.51. The highest BCUT2D eigenvalue weighted by atomic mass is 32.1. The minimum atomic E-state index is -0.907. The van der Waals surface area contributed by atoms with E-state index < -0.39 is 24.3 Å². The van der Waals surface area contributed by atoms with Crippen LogP contribution in [-0.2, 0) is 14.3 Å². The van der Waals surface area contributed by atoms with Crippen LogP contribution in [0.1, 0.15) is 23.7 Å². The van der Waals surface area contributed by atoms with Crippen molar-refractivity contribution in [3.05, 3.63) is 90.0 Å². The van der Waals surface area contributed by atoms with Crippen LogP contribution in [0.3, 0.4) is 0 Å². The van der Waals surface area contributed by atoms with Crippen LogP contribution >= 0.6 is 12.6 Å². The maximum absolute atomic E-state index is 12.9. The summed E-state index contributed by atoms with van der Waals surface area (Å²) < 4.78 is 22.7. The molecule has 10 heteroatoms. The second kappa shape index (κ2) is 15.1. The van der Waals surface area contributed by atoms with Crippen LogP contribution in [0.15, 0.2) is 78.9 Å². The molecule has 1 amide bonds. The third-order valence-corrected chi connectivity index (χ3v) is 5.48. The number of anilines is 1. The molecule has 0 saturated carbocycles. The first-order chi connectivity index (χ1) is 18.5. The summed E-state index contributed by atoms with van der Waals surface area (Å²) in [6.45, 7) is 0.0369. The van der Waals surface area contributed by atoms with Gasteiger partial charge in [0.1, 0.15) is 24.2 Å². The number of carbonyl (C=O) groups is 2. The molecule has 0 aliphatic rings. The van der Waals surface area contributed by atoms with Gasteiger partial charge in [0.15, 0.2) is 6.10 Å². The molecular formula is C28H28N2O7S. The van der Waals surface area contributed by atoms with Gasteiger partial charge in [0.25, 0.3) is 0 Å². The molecule has 2 N–H and O–H groups in total. The minimum Gasteiger partial charge on any atom is -0.491 e. The number of aliphatic hydroxyl groups excluding tert-OH is 1. The number of nitrogens with one attached hydrogen (secondary N) is 1. The molecular weight excluding hydrogens is 508 g/mol. The lowest BCUT2D eigenvalue weighted by Gasteiger charge is -2.28. The quantitative estimate of drug-likeness (QED) is 0.215. The summed E-state index contributed by atoms with van der Waals surface area (Å²) in [6, 6.07) is 24.2. The Hall–Kier alpha value is -4.20. The van der Waals surface area contributed by atoms with Crippen LogP contribution in [0.5, 0.6) is 11.5 Å². The van der Waals surface area contributed by atoms with Crippen molar-refractivity contribution in [2.24, 2.45) is 0 Å². The maximum Gasteiger partial charge on any atom is 0.412 e. The van der Waals surface area contributed by atoms with Gasteiger partial charge in [0.2, 0.25) is 0 Å². The smallest absolute Gasteiger partial charge is 0.412 e. The topological polar surface area (TPSA) is 127 Å². The van der Waals surface area contributed by atoms with Crippen LogP contribution in [0.25, 0.3) is 0 Å². The van der Waals surface area contributed by atoms with Gasteiger partial charge in [-0.3, -0.25) is 10.1 Å². The standard InChI is InChI=1S/C28H28N2O7S/c29-18-20-6-10-22(11-7-20)30-28(33)37-27(21-8-12-23(13-9-21)34-17-15-31)25(14-16-35-26(32)19-38)36-24-4-2-1-3-5-24/h1-13,25,27,31,38H,14-17,19H2,(H,30,33)/t25-,27-/m0/s1. The van der Waals surface area contributed by atoms with Crippen molar-refractivity contribution >= 4 is 30.4 Å². The molecule has 0 saturated heterocycles. The Labute approximate surface area is 226 Å². The summed E-state index contributed by atoms with van der Waals surface area (Å²) in [5.74, 6) is 0.536. The second-order valence-electron chi connectivity index (χ2n) is 7.92. The van der Waals surface area contributed by atoms with Crippen molar-refractivity contribution in [1.82, 2.24) is 0 Å². The number of aliphatic hydroxyl groups is 1. The molecule has 0 spiro atoms. The highest BCUT2D eigenvalue weighted by molar-refractivity contribution is 7.81. The number of esters is 1. The fourth-order valence-corrected chi connectivity index (χ4v) is 3.54. The Morgan fingerprint density at radius 3 is 2.29 bits per heavy atom. The number of hydrogen-bond donors (Lipinski definition) is 3. The van der Waals surface area contributed by atoms with E-state index in [1.807, 2.05) is 24.3 Å². The number of thiol groups is 1. The van der Waals surface area contributed by atoms with Gasteiger partial charge < -0.3 is 24.1 Å². The van der Waals surface area contributed by atoms with Crippen LogP contribution < -0.4 is 14.8 Å². The van der Waals surface area contributed by atoms with Crippen molar-refractivity contribution in [1.29, 1.82) is 5.26 Å². The predicted octanol–water partition coefficient (Wildman–Crippen LogP) is 4.53. The molecule has 9 nitrogen and oxygen atoms in total. The average molecular weight is 537 g/mol. The number of nitriles is 1. The number of nitrogens with zero attached hydrogens (tertiary/aromatic N) is 1. The fourth-order valence-electron chi connectivity index (χ4n) is 3.45. The highest BCUT2D eigenvalue weighted by Gasteiger charge is 2.30. The van der Waals surface area contributed by atoms with Crippen LogP contribution in [0, 0.1) is 11.3 Å². The molecule has 0 radical (unpaired) electrons. The fraction of sp³-hybridized carbons (Fsp3) is 0.250. The third-order valence-electron chi connectivity index (χ3n) is 5.23. The minimum absolute atomic E-state index is 0.0195. The molecule has 198 valence electrons. The summed E-state index contributed by atoms with van der Waals surface area (Å²) >= 11 is 3.93. The Morgan fingerprint density at radius 2 is 1.66 bits per heavy atom. The third kappa shape index (κ3) is 9.03. The molecule has 0 bridgehead atoms. The number of amides is 1. The zero-order chi connectivity index (χ0) is 27.2. The van der Waals surface area contributed by atoms with E-state index in [-0.39, 0.29) is 32.0 Å². The zero-order valence-corrected chi connectivity index (χ0v) is 21.4. The zero-order valence-electron chi connectivity index (χ0n) is 20.5. The lowest BCUT2D eigenvalue weighted by Crippen LogP contribution is -2.32. The van der Waals surface area contributed by atoms with E-state index in [1.54, 1.807) is 60.7 Å². The molecule has 0 unspecified atom stereocenters. The first-order valence-corrected chi connectivity index (χ1v) is 12.4. The number of carbonyl (C=O) groups excluding carboxylic acids is 2. The normalized spacial score (nSPS) is 11.9. The molecule has 0 heterocycles. The average Bonchev–Trinajstić information content (AvgIpc) is 2.95. The van der Waals surface area contributed by atoms with Crippen LogP contribution in [0.4, 0.5) is 10.5 Å². The van der Waals surface area contributed by atoms with E-state index in [0.29, 0.717) is 28.3 Å². The van der Waals surface area contributed by atoms with E-state index in [2.05, 4.69) is 17.9 Å². The molecule has 0 aliphatic heterocycles. The number of benzene rings is 3. The van der Waals surface area contributed by atoms with E-state index >= 15 is 0 Å². The van der Waals surface area contributed by atoms with E-state index in [4.69, 9.17) is 29.3 Å². The van der Waals surface area contributed by atoms with Gasteiger partial charge in [0.05, 0.1) is 30.6 Å². The van der Waals surface area contributed by atoms with Crippen molar-refractivity contribution in [2.45, 2.75) is 18.6 Å².